The number of hydrogen-bond donors (Lipinski definition) is 3. The number of nitrogens with zero attached hydrogens (tertiary/aromatic N) is 3. The van der Waals surface area contributed by atoms with E-state index in [0.29, 0.717) is 17.7 Å². The van der Waals surface area contributed by atoms with E-state index < -0.39 is 24.5 Å². The highest BCUT2D eigenvalue weighted by Gasteiger charge is 2.50. The molecule has 1 aliphatic heterocycles. The van der Waals surface area contributed by atoms with Gasteiger partial charge in [-0.3, -0.25) is 14.3 Å². The molecule has 0 radical (unpaired) electrons. The standard InChI is InChI=1S/C23H31N5O5/c1-13(2)31-18-16(11-29)33-22(19(18)32-14(3)4)28-12-27(10-15-8-6-5-7-9-15)17-20(28)25-23(24)26-21(17)30/h5-9,12-14,16,18-19,22,29H,10-11H2,1-4H3,(H2-,24,25,26,30)/p+1/t16-,18-,19-,22-/m1/s1. The molecule has 178 valence electrons. The molecular weight excluding hydrogens is 426 g/mol. The molecule has 0 amide bonds. The first-order valence-electron chi connectivity index (χ1n) is 11.2. The summed E-state index contributed by atoms with van der Waals surface area (Å²) in [6.45, 7) is 7.94. The molecule has 10 nitrogen and oxygen atoms in total. The van der Waals surface area contributed by atoms with E-state index in [4.69, 9.17) is 19.9 Å². The summed E-state index contributed by atoms with van der Waals surface area (Å²) in [4.78, 5) is 19.9. The Labute approximate surface area is 191 Å². The highest BCUT2D eigenvalue weighted by molar-refractivity contribution is 5.67. The fraction of sp³-hybridized carbons (Fsp3) is 0.522. The summed E-state index contributed by atoms with van der Waals surface area (Å²) in [5, 5.41) is 10.0. The average molecular weight is 459 g/mol. The van der Waals surface area contributed by atoms with Crippen LogP contribution in [0, 0.1) is 0 Å². The number of aliphatic hydroxyl groups excluding tert-OH is 1. The van der Waals surface area contributed by atoms with Crippen molar-refractivity contribution in [1.29, 1.82) is 0 Å². The maximum atomic E-state index is 12.9. The number of fused-ring (bicyclic) bond motifs is 1. The number of aliphatic hydroxyl groups is 1. The fourth-order valence-electron chi connectivity index (χ4n) is 4.28. The van der Waals surface area contributed by atoms with Crippen LogP contribution in [-0.4, -0.2) is 56.8 Å². The predicted octanol–water partition coefficient (Wildman–Crippen LogP) is 1.12. The summed E-state index contributed by atoms with van der Waals surface area (Å²) >= 11 is 0. The van der Waals surface area contributed by atoms with Gasteiger partial charge in [-0.2, -0.15) is 0 Å². The third-order valence-electron chi connectivity index (χ3n) is 5.48. The summed E-state index contributed by atoms with van der Waals surface area (Å²) < 4.78 is 22.1. The molecule has 1 fully saturated rings. The van der Waals surface area contributed by atoms with Gasteiger partial charge in [-0.15, -0.1) is 0 Å². The minimum atomic E-state index is -0.679. The van der Waals surface area contributed by atoms with Crippen LogP contribution in [0.4, 0.5) is 5.95 Å². The largest absolute Gasteiger partial charge is 0.394 e. The highest BCUT2D eigenvalue weighted by atomic mass is 16.6. The van der Waals surface area contributed by atoms with E-state index in [1.54, 1.807) is 10.9 Å². The molecule has 3 aromatic rings. The van der Waals surface area contributed by atoms with Crippen LogP contribution in [0.3, 0.4) is 0 Å². The van der Waals surface area contributed by atoms with E-state index in [-0.39, 0.29) is 30.3 Å². The van der Waals surface area contributed by atoms with Gasteiger partial charge in [0.15, 0.2) is 6.33 Å². The van der Waals surface area contributed by atoms with Gasteiger partial charge in [0.05, 0.1) is 25.4 Å². The third-order valence-corrected chi connectivity index (χ3v) is 5.48. The lowest BCUT2D eigenvalue weighted by Gasteiger charge is -2.26. The number of anilines is 1. The second kappa shape index (κ2) is 9.60. The summed E-state index contributed by atoms with van der Waals surface area (Å²) in [6.07, 6.45) is -0.731. The van der Waals surface area contributed by atoms with Crippen molar-refractivity contribution < 1.29 is 23.9 Å². The molecule has 0 saturated carbocycles. The number of H-pyrrole nitrogens is 1. The zero-order valence-electron chi connectivity index (χ0n) is 19.3. The molecule has 10 heteroatoms. The fourth-order valence-corrected chi connectivity index (χ4v) is 4.28. The number of aromatic amines is 1. The predicted molar refractivity (Wildman–Crippen MR) is 122 cm³/mol. The van der Waals surface area contributed by atoms with Gasteiger partial charge < -0.3 is 25.1 Å². The smallest absolute Gasteiger partial charge is 0.313 e. The topological polar surface area (TPSA) is 128 Å². The van der Waals surface area contributed by atoms with Gasteiger partial charge >= 0.3 is 5.65 Å². The molecule has 0 aliphatic carbocycles. The Morgan fingerprint density at radius 2 is 1.85 bits per heavy atom. The lowest BCUT2D eigenvalue weighted by Crippen LogP contribution is -2.49. The average Bonchev–Trinajstić information content (AvgIpc) is 3.26. The first-order chi connectivity index (χ1) is 15.8. The summed E-state index contributed by atoms with van der Waals surface area (Å²) in [7, 11) is 0. The molecule has 1 aliphatic rings. The Morgan fingerprint density at radius 1 is 1.18 bits per heavy atom. The molecule has 1 saturated heterocycles. The van der Waals surface area contributed by atoms with Crippen molar-refractivity contribution in [3.63, 3.8) is 0 Å². The molecular formula is C23H32N5O5+. The van der Waals surface area contributed by atoms with E-state index in [1.807, 2.05) is 62.6 Å². The first kappa shape index (κ1) is 23.4. The van der Waals surface area contributed by atoms with Crippen LogP contribution < -0.4 is 15.9 Å². The minimum Gasteiger partial charge on any atom is -0.394 e. The van der Waals surface area contributed by atoms with E-state index in [1.165, 1.54) is 0 Å². The van der Waals surface area contributed by atoms with Crippen LogP contribution >= 0.6 is 0 Å². The van der Waals surface area contributed by atoms with E-state index in [0.717, 1.165) is 5.56 Å². The van der Waals surface area contributed by atoms with Crippen molar-refractivity contribution in [2.45, 2.75) is 71.0 Å². The number of imidazole rings is 1. The molecule has 3 heterocycles. The SMILES string of the molecule is CC(C)O[C@@H]1[C@H](OC(C)C)[C@@H](CO)O[C@H]1[n+]1cn(Cc2ccccc2)c2c(=O)[nH]c(N)nc21. The Bertz CT molecular complexity index is 1140. The minimum absolute atomic E-state index is 0.00623. The molecule has 0 bridgehead atoms. The van der Waals surface area contributed by atoms with Crippen molar-refractivity contribution in [3.05, 3.63) is 52.6 Å². The second-order valence-corrected chi connectivity index (χ2v) is 8.81. The molecule has 33 heavy (non-hydrogen) atoms. The first-order valence-corrected chi connectivity index (χ1v) is 11.2. The van der Waals surface area contributed by atoms with Gasteiger partial charge in [0.25, 0.3) is 11.5 Å². The maximum Gasteiger partial charge on any atom is 0.313 e. The number of ether oxygens (including phenoxy) is 3. The molecule has 4 rings (SSSR count). The van der Waals surface area contributed by atoms with Gasteiger partial charge in [0.1, 0.15) is 18.3 Å². The zero-order valence-corrected chi connectivity index (χ0v) is 19.3. The van der Waals surface area contributed by atoms with Gasteiger partial charge in [0, 0.05) is 0 Å². The van der Waals surface area contributed by atoms with Gasteiger partial charge in [-0.25, -0.2) is 4.57 Å². The molecule has 2 aromatic heterocycles. The normalized spacial score (nSPS) is 23.2. The Balaban J connectivity index is 1.84. The molecule has 4 N–H and O–H groups in total. The van der Waals surface area contributed by atoms with E-state index in [9.17, 15) is 9.90 Å². The Morgan fingerprint density at radius 3 is 2.48 bits per heavy atom. The lowest BCUT2D eigenvalue weighted by molar-refractivity contribution is -0.746. The number of nitrogens with two attached hydrogens (primary N) is 1. The van der Waals surface area contributed by atoms with Crippen molar-refractivity contribution in [2.24, 2.45) is 0 Å². The third kappa shape index (κ3) is 4.79. The monoisotopic (exact) mass is 458 g/mol. The van der Waals surface area contributed by atoms with Crippen LogP contribution in [0.25, 0.3) is 11.2 Å². The number of hydrogen-bond acceptors (Lipinski definition) is 7. The van der Waals surface area contributed by atoms with Crippen molar-refractivity contribution >= 4 is 17.1 Å². The summed E-state index contributed by atoms with van der Waals surface area (Å²) in [5.74, 6) is 0.00623. The molecule has 1 aromatic carbocycles. The van der Waals surface area contributed by atoms with Crippen LogP contribution in [0.15, 0.2) is 41.5 Å². The number of rotatable bonds is 8. The quantitative estimate of drug-likeness (QED) is 0.432. The molecule has 4 atom stereocenters. The summed E-state index contributed by atoms with van der Waals surface area (Å²) in [5.41, 5.74) is 7.31. The van der Waals surface area contributed by atoms with Gasteiger partial charge in [0.2, 0.25) is 11.7 Å². The van der Waals surface area contributed by atoms with Crippen molar-refractivity contribution in [2.75, 3.05) is 12.3 Å². The highest BCUT2D eigenvalue weighted by Crippen LogP contribution is 2.33. The number of nitrogens with one attached hydrogen (secondary N) is 1. The van der Waals surface area contributed by atoms with Crippen molar-refractivity contribution in [1.82, 2.24) is 14.5 Å². The van der Waals surface area contributed by atoms with E-state index in [2.05, 4.69) is 9.97 Å². The van der Waals surface area contributed by atoms with Crippen LogP contribution in [0.1, 0.15) is 39.5 Å². The van der Waals surface area contributed by atoms with E-state index >= 15 is 0 Å². The van der Waals surface area contributed by atoms with Gasteiger partial charge in [-0.1, -0.05) is 35.3 Å². The van der Waals surface area contributed by atoms with Crippen LogP contribution in [0.2, 0.25) is 0 Å². The van der Waals surface area contributed by atoms with Crippen molar-refractivity contribution in [3.8, 4) is 0 Å². The van der Waals surface area contributed by atoms with Gasteiger partial charge in [-0.05, 0) is 33.3 Å². The molecule has 0 unspecified atom stereocenters. The maximum absolute atomic E-state index is 12.9. The number of benzene rings is 1. The number of aromatic nitrogens is 4. The second-order valence-electron chi connectivity index (χ2n) is 8.81. The molecule has 0 spiro atoms. The Hall–Kier alpha value is -2.79. The van der Waals surface area contributed by atoms with Crippen LogP contribution in [-0.2, 0) is 20.8 Å². The van der Waals surface area contributed by atoms with Crippen LogP contribution in [0.5, 0.6) is 0 Å². The summed E-state index contributed by atoms with van der Waals surface area (Å²) in [6, 6.07) is 9.81. The Kier molecular flexibility index (Phi) is 6.80. The lowest BCUT2D eigenvalue weighted by atomic mass is 10.1. The zero-order chi connectivity index (χ0) is 23.7. The number of nitrogen functional groups attached to an aromatic ring is 1.